The van der Waals surface area contributed by atoms with Gasteiger partial charge in [0.05, 0.1) is 5.56 Å². The van der Waals surface area contributed by atoms with Crippen LogP contribution in [0.5, 0.6) is 5.75 Å². The average molecular weight is 389 g/mol. The molecule has 2 atom stereocenters. The van der Waals surface area contributed by atoms with Crippen molar-refractivity contribution < 1.29 is 14.3 Å². The normalized spacial score (nSPS) is 20.5. The molecule has 0 radical (unpaired) electrons. The van der Waals surface area contributed by atoms with Crippen molar-refractivity contribution in [2.75, 3.05) is 13.2 Å². The second-order valence-electron chi connectivity index (χ2n) is 7.96. The first-order chi connectivity index (χ1) is 13.2. The minimum atomic E-state index is -0.360. The lowest BCUT2D eigenvalue weighted by Gasteiger charge is -2.26. The molecule has 0 bridgehead atoms. The summed E-state index contributed by atoms with van der Waals surface area (Å²) in [6, 6.07) is 5.77. The van der Waals surface area contributed by atoms with Gasteiger partial charge in [0.15, 0.2) is 0 Å². The van der Waals surface area contributed by atoms with E-state index in [4.69, 9.17) is 9.15 Å². The Morgan fingerprint density at radius 2 is 2.04 bits per heavy atom. The quantitative estimate of drug-likeness (QED) is 0.703. The molecule has 3 heterocycles. The van der Waals surface area contributed by atoms with Crippen LogP contribution in [0, 0.1) is 11.8 Å². The molecule has 0 spiro atoms. The predicted octanol–water partition coefficient (Wildman–Crippen LogP) is 5.26. The van der Waals surface area contributed by atoms with Crippen LogP contribution in [-0.4, -0.2) is 18.3 Å². The summed E-state index contributed by atoms with van der Waals surface area (Å²) in [5, 5.41) is 12.8. The van der Waals surface area contributed by atoms with Crippen LogP contribution in [0.25, 0.3) is 0 Å². The summed E-state index contributed by atoms with van der Waals surface area (Å²) in [6.45, 7) is 3.76. The lowest BCUT2D eigenvalue weighted by Crippen LogP contribution is -2.20. The van der Waals surface area contributed by atoms with Crippen LogP contribution in [0.2, 0.25) is 0 Å². The van der Waals surface area contributed by atoms with E-state index in [0.29, 0.717) is 23.2 Å². The first kappa shape index (κ1) is 18.8. The van der Waals surface area contributed by atoms with Crippen molar-refractivity contribution in [1.29, 1.82) is 0 Å². The summed E-state index contributed by atoms with van der Waals surface area (Å²) in [7, 11) is 0. The highest BCUT2D eigenvalue weighted by Crippen LogP contribution is 2.49. The first-order valence-electron chi connectivity index (χ1n) is 10.2. The summed E-state index contributed by atoms with van der Waals surface area (Å²) < 4.78 is 11.3. The molecule has 0 aromatic carbocycles. The van der Waals surface area contributed by atoms with Crippen LogP contribution in [0.15, 0.2) is 32.8 Å². The van der Waals surface area contributed by atoms with Gasteiger partial charge < -0.3 is 14.3 Å². The van der Waals surface area contributed by atoms with E-state index >= 15 is 0 Å². The van der Waals surface area contributed by atoms with Gasteiger partial charge in [-0.25, -0.2) is 4.79 Å². The van der Waals surface area contributed by atoms with E-state index in [1.807, 2.05) is 11.4 Å². The van der Waals surface area contributed by atoms with Gasteiger partial charge in [-0.1, -0.05) is 13.0 Å². The van der Waals surface area contributed by atoms with E-state index < -0.39 is 0 Å². The van der Waals surface area contributed by atoms with E-state index in [1.54, 1.807) is 17.4 Å². The smallest absolute Gasteiger partial charge is 0.343 e. The molecule has 1 saturated heterocycles. The molecule has 2 fully saturated rings. The van der Waals surface area contributed by atoms with E-state index in [9.17, 15) is 9.90 Å². The highest BCUT2D eigenvalue weighted by atomic mass is 32.1. The van der Waals surface area contributed by atoms with E-state index in [0.717, 1.165) is 56.6 Å². The summed E-state index contributed by atoms with van der Waals surface area (Å²) in [4.78, 5) is 14.0. The summed E-state index contributed by atoms with van der Waals surface area (Å²) >= 11 is 1.65. The summed E-state index contributed by atoms with van der Waals surface area (Å²) in [5.41, 5.74) is 0.0883. The largest absolute Gasteiger partial charge is 0.507 e. The van der Waals surface area contributed by atoms with E-state index in [-0.39, 0.29) is 23.2 Å². The molecule has 146 valence electrons. The fourth-order valence-electron chi connectivity index (χ4n) is 4.37. The number of hydrogen-bond acceptors (Lipinski definition) is 5. The van der Waals surface area contributed by atoms with Crippen molar-refractivity contribution in [3.63, 3.8) is 0 Å². The van der Waals surface area contributed by atoms with Crippen molar-refractivity contribution in [3.05, 3.63) is 50.2 Å². The van der Waals surface area contributed by atoms with Gasteiger partial charge in [-0.05, 0) is 61.8 Å². The van der Waals surface area contributed by atoms with Crippen LogP contribution in [0.1, 0.15) is 73.5 Å². The molecule has 2 unspecified atom stereocenters. The fraction of sp³-hybridized carbons (Fsp3) is 0.591. The molecular weight excluding hydrogens is 360 g/mol. The number of ether oxygens (including phenoxy) is 1. The zero-order valence-electron chi connectivity index (χ0n) is 15.9. The molecule has 1 N–H and O–H groups in total. The van der Waals surface area contributed by atoms with Crippen molar-refractivity contribution in [3.8, 4) is 5.75 Å². The number of rotatable bonds is 7. The van der Waals surface area contributed by atoms with Gasteiger partial charge >= 0.3 is 5.63 Å². The van der Waals surface area contributed by atoms with Gasteiger partial charge in [0.2, 0.25) is 0 Å². The van der Waals surface area contributed by atoms with Gasteiger partial charge in [-0.3, -0.25) is 0 Å². The van der Waals surface area contributed by atoms with Crippen LogP contribution < -0.4 is 5.63 Å². The Kier molecular flexibility index (Phi) is 5.69. The third-order valence-corrected chi connectivity index (χ3v) is 7.05. The second kappa shape index (κ2) is 8.19. The van der Waals surface area contributed by atoms with Gasteiger partial charge in [-0.15, -0.1) is 11.3 Å². The maximum absolute atomic E-state index is 12.9. The first-order valence-corrected chi connectivity index (χ1v) is 11.0. The Labute approximate surface area is 164 Å². The molecule has 0 amide bonds. The molecule has 2 aromatic heterocycles. The molecule has 4 nitrogen and oxygen atoms in total. The Balaban J connectivity index is 1.61. The molecule has 2 aromatic rings. The minimum Gasteiger partial charge on any atom is -0.507 e. The fourth-order valence-corrected chi connectivity index (χ4v) is 5.30. The number of thiophene rings is 1. The highest BCUT2D eigenvalue weighted by molar-refractivity contribution is 7.10. The molecule has 1 saturated carbocycles. The zero-order valence-corrected chi connectivity index (χ0v) is 16.7. The van der Waals surface area contributed by atoms with Gasteiger partial charge in [0.25, 0.3) is 0 Å². The SMILES string of the molecule is CCC(CC1CCOCC1)c1cc(O)c(C(c2cccs2)C2CC2)c(=O)o1. The molecular formula is C22H28O4S. The Bertz CT molecular complexity index is 800. The third-order valence-electron chi connectivity index (χ3n) is 6.09. The Hall–Kier alpha value is -1.59. The average Bonchev–Trinajstić information content (AvgIpc) is 3.36. The standard InChI is InChI=1S/C22H28O4S/c1-2-15(12-14-7-9-25-10-8-14)18-13-17(23)21(22(24)26-18)20(16-5-6-16)19-4-3-11-27-19/h3-4,11,13-16,20,23H,2,5-10,12H2,1H3. The van der Waals surface area contributed by atoms with Gasteiger partial charge in [-0.2, -0.15) is 0 Å². The maximum atomic E-state index is 12.9. The highest BCUT2D eigenvalue weighted by Gasteiger charge is 2.38. The van der Waals surface area contributed by atoms with Crippen molar-refractivity contribution in [2.24, 2.45) is 11.8 Å². The molecule has 5 heteroatoms. The van der Waals surface area contributed by atoms with Crippen molar-refractivity contribution >= 4 is 11.3 Å². The van der Waals surface area contributed by atoms with Crippen LogP contribution >= 0.6 is 11.3 Å². The predicted molar refractivity (Wildman–Crippen MR) is 107 cm³/mol. The molecule has 2 aliphatic rings. The minimum absolute atomic E-state index is 0.0362. The van der Waals surface area contributed by atoms with Gasteiger partial charge in [0.1, 0.15) is 11.5 Å². The van der Waals surface area contributed by atoms with Gasteiger partial charge in [0, 0.05) is 36.0 Å². The Morgan fingerprint density at radius 3 is 2.63 bits per heavy atom. The lowest BCUT2D eigenvalue weighted by molar-refractivity contribution is 0.0606. The lowest BCUT2D eigenvalue weighted by atomic mass is 9.85. The van der Waals surface area contributed by atoms with Crippen molar-refractivity contribution in [2.45, 2.75) is 57.3 Å². The summed E-state index contributed by atoms with van der Waals surface area (Å²) in [5.74, 6) is 1.91. The monoisotopic (exact) mass is 388 g/mol. The zero-order chi connectivity index (χ0) is 18.8. The van der Waals surface area contributed by atoms with E-state index in [2.05, 4.69) is 13.0 Å². The molecule has 4 rings (SSSR count). The van der Waals surface area contributed by atoms with Crippen molar-refractivity contribution in [1.82, 2.24) is 0 Å². The maximum Gasteiger partial charge on any atom is 0.343 e. The number of aromatic hydroxyl groups is 1. The Morgan fingerprint density at radius 1 is 1.26 bits per heavy atom. The third kappa shape index (κ3) is 4.14. The molecule has 1 aliphatic heterocycles. The van der Waals surface area contributed by atoms with Crippen LogP contribution in [0.4, 0.5) is 0 Å². The molecule has 27 heavy (non-hydrogen) atoms. The van der Waals surface area contributed by atoms with Crippen LogP contribution in [0.3, 0.4) is 0 Å². The second-order valence-corrected chi connectivity index (χ2v) is 8.94. The van der Waals surface area contributed by atoms with Crippen LogP contribution in [-0.2, 0) is 4.74 Å². The topological polar surface area (TPSA) is 59.7 Å². The molecule has 1 aliphatic carbocycles. The van der Waals surface area contributed by atoms with E-state index in [1.165, 1.54) is 0 Å². The summed E-state index contributed by atoms with van der Waals surface area (Å²) in [6.07, 6.45) is 6.21. The number of hydrogen-bond donors (Lipinski definition) is 1.